The first kappa shape index (κ1) is 5.48. The van der Waals surface area contributed by atoms with Crippen molar-refractivity contribution in [3.8, 4) is 0 Å². The van der Waals surface area contributed by atoms with Crippen molar-refractivity contribution >= 4 is 0 Å². The average molecular weight is 124 g/mol. The molecule has 0 bridgehead atoms. The lowest BCUT2D eigenvalue weighted by atomic mass is 10.0. The maximum absolute atomic E-state index is 5.48. The third-order valence-electron chi connectivity index (χ3n) is 2.32. The molecule has 1 heterocycles. The predicted molar refractivity (Wildman–Crippen MR) is 36.2 cm³/mol. The van der Waals surface area contributed by atoms with Gasteiger partial charge in [0.2, 0.25) is 0 Å². The predicted octanol–water partition coefficient (Wildman–Crippen LogP) is 1.60. The van der Waals surface area contributed by atoms with E-state index in [4.69, 9.17) is 4.74 Å². The van der Waals surface area contributed by atoms with E-state index in [1.54, 1.807) is 0 Å². The molecule has 0 amide bonds. The van der Waals surface area contributed by atoms with Gasteiger partial charge in [0, 0.05) is 5.92 Å². The lowest BCUT2D eigenvalue weighted by molar-refractivity contribution is 0.0563. The molecule has 9 heavy (non-hydrogen) atoms. The van der Waals surface area contributed by atoms with E-state index in [0.29, 0.717) is 12.0 Å². The van der Waals surface area contributed by atoms with Crippen molar-refractivity contribution in [1.29, 1.82) is 0 Å². The maximum Gasteiger partial charge on any atom is 0.0608 e. The highest BCUT2D eigenvalue weighted by molar-refractivity contribution is 4.96. The minimum Gasteiger partial charge on any atom is -0.377 e. The average Bonchev–Trinajstić information content (AvgIpc) is 2.64. The Bertz CT molecular complexity index is 131. The summed E-state index contributed by atoms with van der Waals surface area (Å²) in [5, 5.41) is 0. The van der Waals surface area contributed by atoms with E-state index in [1.807, 2.05) is 6.08 Å². The van der Waals surface area contributed by atoms with Crippen LogP contribution in [-0.2, 0) is 4.74 Å². The lowest BCUT2D eigenvalue weighted by Gasteiger charge is -2.17. The molecule has 1 nitrogen and oxygen atoms in total. The van der Waals surface area contributed by atoms with Crippen LogP contribution in [-0.4, -0.2) is 12.7 Å². The first-order chi connectivity index (χ1) is 4.40. The van der Waals surface area contributed by atoms with Gasteiger partial charge in [-0.1, -0.05) is 6.08 Å². The fourth-order valence-electron chi connectivity index (χ4n) is 1.54. The molecule has 2 aliphatic rings. The summed E-state index contributed by atoms with van der Waals surface area (Å²) in [5.41, 5.74) is 0. The van der Waals surface area contributed by atoms with Crippen LogP contribution < -0.4 is 0 Å². The minimum absolute atomic E-state index is 0.640. The molecule has 3 atom stereocenters. The minimum atomic E-state index is 0.640. The van der Waals surface area contributed by atoms with Crippen molar-refractivity contribution in [2.24, 2.45) is 11.8 Å². The Morgan fingerprint density at radius 2 is 2.33 bits per heavy atom. The highest BCUT2D eigenvalue weighted by Gasteiger charge is 2.42. The first-order valence-electron chi connectivity index (χ1n) is 3.64. The van der Waals surface area contributed by atoms with Gasteiger partial charge < -0.3 is 4.74 Å². The van der Waals surface area contributed by atoms with Crippen LogP contribution in [0.25, 0.3) is 0 Å². The van der Waals surface area contributed by atoms with Crippen molar-refractivity contribution in [3.05, 3.63) is 12.7 Å². The van der Waals surface area contributed by atoms with Crippen LogP contribution in [0.15, 0.2) is 12.7 Å². The van der Waals surface area contributed by atoms with E-state index < -0.39 is 0 Å². The molecule has 1 saturated heterocycles. The number of fused-ring (bicyclic) bond motifs is 1. The molecule has 0 aromatic carbocycles. The third-order valence-corrected chi connectivity index (χ3v) is 2.32. The smallest absolute Gasteiger partial charge is 0.0608 e. The molecular weight excluding hydrogens is 112 g/mol. The van der Waals surface area contributed by atoms with Gasteiger partial charge in [0.1, 0.15) is 0 Å². The zero-order chi connectivity index (χ0) is 6.27. The zero-order valence-corrected chi connectivity index (χ0v) is 5.55. The molecule has 50 valence electrons. The molecular formula is C8H12O. The van der Waals surface area contributed by atoms with Gasteiger partial charge in [-0.05, 0) is 18.8 Å². The van der Waals surface area contributed by atoms with Crippen LogP contribution in [0, 0.1) is 11.8 Å². The molecule has 1 aliphatic heterocycles. The standard InChI is InChI=1S/C8H12O/c1-2-6-3-7-4-8(7)9-5-6/h2,6-8H,1,3-5H2. The summed E-state index contributed by atoms with van der Waals surface area (Å²) in [5.74, 6) is 1.54. The Morgan fingerprint density at radius 3 is 3.00 bits per heavy atom. The zero-order valence-electron chi connectivity index (χ0n) is 5.55. The number of ether oxygens (including phenoxy) is 1. The maximum atomic E-state index is 5.48. The largest absolute Gasteiger partial charge is 0.377 e. The van der Waals surface area contributed by atoms with Gasteiger partial charge in [-0.3, -0.25) is 0 Å². The van der Waals surface area contributed by atoms with E-state index in [2.05, 4.69) is 6.58 Å². The van der Waals surface area contributed by atoms with Crippen molar-refractivity contribution in [1.82, 2.24) is 0 Å². The van der Waals surface area contributed by atoms with Crippen molar-refractivity contribution in [2.75, 3.05) is 6.61 Å². The van der Waals surface area contributed by atoms with E-state index >= 15 is 0 Å². The first-order valence-corrected chi connectivity index (χ1v) is 3.64. The van der Waals surface area contributed by atoms with E-state index in [0.717, 1.165) is 12.5 Å². The summed E-state index contributed by atoms with van der Waals surface area (Å²) in [6, 6.07) is 0. The summed E-state index contributed by atoms with van der Waals surface area (Å²) >= 11 is 0. The Balaban J connectivity index is 1.93. The van der Waals surface area contributed by atoms with Crippen LogP contribution in [0.4, 0.5) is 0 Å². The molecule has 0 radical (unpaired) electrons. The number of hydrogen-bond acceptors (Lipinski definition) is 1. The monoisotopic (exact) mass is 124 g/mol. The van der Waals surface area contributed by atoms with E-state index in [9.17, 15) is 0 Å². The normalized spacial score (nSPS) is 47.8. The van der Waals surface area contributed by atoms with Crippen molar-refractivity contribution in [2.45, 2.75) is 18.9 Å². The van der Waals surface area contributed by atoms with Gasteiger partial charge in [0.15, 0.2) is 0 Å². The van der Waals surface area contributed by atoms with Crippen LogP contribution in [0.1, 0.15) is 12.8 Å². The molecule has 0 N–H and O–H groups in total. The molecule has 1 saturated carbocycles. The summed E-state index contributed by atoms with van der Waals surface area (Å²) in [6.45, 7) is 4.68. The SMILES string of the molecule is C=CC1COC2CC2C1. The third kappa shape index (κ3) is 0.897. The summed E-state index contributed by atoms with van der Waals surface area (Å²) < 4.78 is 5.48. The molecule has 1 heteroatoms. The molecule has 2 fully saturated rings. The molecule has 0 aromatic rings. The number of rotatable bonds is 1. The second-order valence-electron chi connectivity index (χ2n) is 3.10. The summed E-state index contributed by atoms with van der Waals surface area (Å²) in [4.78, 5) is 0. The molecule has 2 rings (SSSR count). The fraction of sp³-hybridized carbons (Fsp3) is 0.750. The van der Waals surface area contributed by atoms with E-state index in [1.165, 1.54) is 12.8 Å². The quantitative estimate of drug-likeness (QED) is 0.482. The second kappa shape index (κ2) is 1.84. The van der Waals surface area contributed by atoms with Crippen molar-refractivity contribution < 1.29 is 4.74 Å². The van der Waals surface area contributed by atoms with Gasteiger partial charge in [0.05, 0.1) is 12.7 Å². The van der Waals surface area contributed by atoms with Gasteiger partial charge >= 0.3 is 0 Å². The Hall–Kier alpha value is -0.300. The van der Waals surface area contributed by atoms with Crippen molar-refractivity contribution in [3.63, 3.8) is 0 Å². The van der Waals surface area contributed by atoms with Gasteiger partial charge in [-0.2, -0.15) is 0 Å². The summed E-state index contributed by atoms with van der Waals surface area (Å²) in [7, 11) is 0. The fourth-order valence-corrected chi connectivity index (χ4v) is 1.54. The van der Waals surface area contributed by atoms with Crippen LogP contribution >= 0.6 is 0 Å². The van der Waals surface area contributed by atoms with Crippen LogP contribution in [0.2, 0.25) is 0 Å². The van der Waals surface area contributed by atoms with Gasteiger partial charge in [0.25, 0.3) is 0 Å². The number of hydrogen-bond donors (Lipinski definition) is 0. The Morgan fingerprint density at radius 1 is 1.44 bits per heavy atom. The molecule has 1 aliphatic carbocycles. The van der Waals surface area contributed by atoms with Gasteiger partial charge in [-0.25, -0.2) is 0 Å². The molecule has 0 aromatic heterocycles. The van der Waals surface area contributed by atoms with Crippen LogP contribution in [0.3, 0.4) is 0 Å². The van der Waals surface area contributed by atoms with Gasteiger partial charge in [-0.15, -0.1) is 6.58 Å². The van der Waals surface area contributed by atoms with E-state index in [-0.39, 0.29) is 0 Å². The van der Waals surface area contributed by atoms with Crippen LogP contribution in [0.5, 0.6) is 0 Å². The topological polar surface area (TPSA) is 9.23 Å². The Kier molecular flexibility index (Phi) is 1.12. The highest BCUT2D eigenvalue weighted by Crippen LogP contribution is 2.43. The second-order valence-corrected chi connectivity index (χ2v) is 3.10. The molecule has 3 unspecified atom stereocenters. The Labute approximate surface area is 55.7 Å². The summed E-state index contributed by atoms with van der Waals surface area (Å²) in [6.07, 6.45) is 5.30. The lowest BCUT2D eigenvalue weighted by Crippen LogP contribution is -2.16. The highest BCUT2D eigenvalue weighted by atomic mass is 16.5. The molecule has 0 spiro atoms.